The molecule has 0 aromatic heterocycles. The molecule has 1 aromatic rings. The normalized spacial score (nSPS) is 15.8. The van der Waals surface area contributed by atoms with E-state index in [-0.39, 0.29) is 29.4 Å². The van der Waals surface area contributed by atoms with Crippen LogP contribution in [0.1, 0.15) is 49.5 Å². The number of benzene rings is 1. The van der Waals surface area contributed by atoms with Gasteiger partial charge in [-0.25, -0.2) is 4.79 Å². The van der Waals surface area contributed by atoms with E-state index in [0.29, 0.717) is 30.4 Å². The van der Waals surface area contributed by atoms with Crippen LogP contribution in [0.15, 0.2) is 16.6 Å². The zero-order valence-electron chi connectivity index (χ0n) is 15.1. The zero-order valence-corrected chi connectivity index (χ0v) is 16.6. The second-order valence-corrected chi connectivity index (χ2v) is 8.21. The summed E-state index contributed by atoms with van der Waals surface area (Å²) in [6.45, 7) is 8.44. The number of phenolic OH excluding ortho intramolecular Hbond substituents is 1. The molecule has 0 atom stereocenters. The first-order chi connectivity index (χ1) is 11.6. The van der Waals surface area contributed by atoms with Gasteiger partial charge in [-0.2, -0.15) is 0 Å². The summed E-state index contributed by atoms with van der Waals surface area (Å²) in [5.41, 5.74) is 0.620. The van der Waals surface area contributed by atoms with Crippen molar-refractivity contribution >= 4 is 27.9 Å². The van der Waals surface area contributed by atoms with Gasteiger partial charge in [-0.3, -0.25) is 4.79 Å². The van der Waals surface area contributed by atoms with Gasteiger partial charge in [0.15, 0.2) is 0 Å². The topological polar surface area (TPSA) is 78.9 Å². The van der Waals surface area contributed by atoms with Crippen LogP contribution in [0.5, 0.6) is 5.75 Å². The number of hydrogen-bond acceptors (Lipinski definition) is 4. The zero-order chi connectivity index (χ0) is 18.8. The molecule has 0 saturated carbocycles. The molecule has 6 nitrogen and oxygen atoms in total. The summed E-state index contributed by atoms with van der Waals surface area (Å²) in [6.07, 6.45) is 0.981. The van der Waals surface area contributed by atoms with Crippen LogP contribution in [-0.4, -0.2) is 46.7 Å². The van der Waals surface area contributed by atoms with Crippen molar-refractivity contribution in [2.24, 2.45) is 0 Å². The van der Waals surface area contributed by atoms with Gasteiger partial charge in [-0.15, -0.1) is 0 Å². The predicted octanol–water partition coefficient (Wildman–Crippen LogP) is 3.59. The minimum Gasteiger partial charge on any atom is -0.506 e. The smallest absolute Gasteiger partial charge is 0.410 e. The van der Waals surface area contributed by atoms with Gasteiger partial charge in [-0.05, 0) is 74.2 Å². The highest BCUT2D eigenvalue weighted by atomic mass is 79.9. The lowest BCUT2D eigenvalue weighted by Crippen LogP contribution is -2.47. The van der Waals surface area contributed by atoms with Crippen molar-refractivity contribution in [2.45, 2.75) is 52.2 Å². The summed E-state index contributed by atoms with van der Waals surface area (Å²) in [4.78, 5) is 26.2. The number of phenols is 1. The molecule has 1 aliphatic heterocycles. The summed E-state index contributed by atoms with van der Waals surface area (Å²) in [7, 11) is 0. The van der Waals surface area contributed by atoms with Gasteiger partial charge in [0.25, 0.3) is 5.91 Å². The number of piperidine rings is 1. The lowest BCUT2D eigenvalue weighted by atomic mass is 10.0. The molecule has 1 fully saturated rings. The highest BCUT2D eigenvalue weighted by Crippen LogP contribution is 2.29. The fraction of sp³-hybridized carbons (Fsp3) is 0.556. The monoisotopic (exact) mass is 412 g/mol. The second kappa shape index (κ2) is 7.64. The standard InChI is InChI=1S/C18H25BrN2O4/c1-11-9-13(15(22)14(19)10-11)16(23)20-12-5-7-21(8-6-12)17(24)25-18(2,3)4/h9-10,12,22H,5-8H2,1-4H3,(H,20,23). The van der Waals surface area contributed by atoms with Crippen molar-refractivity contribution in [3.63, 3.8) is 0 Å². The van der Waals surface area contributed by atoms with Gasteiger partial charge in [0, 0.05) is 19.1 Å². The molecule has 2 amide bonds. The summed E-state index contributed by atoms with van der Waals surface area (Å²) in [5.74, 6) is -0.369. The van der Waals surface area contributed by atoms with Crippen molar-refractivity contribution in [3.05, 3.63) is 27.7 Å². The average Bonchev–Trinajstić information content (AvgIpc) is 2.49. The molecule has 1 saturated heterocycles. The molecule has 25 heavy (non-hydrogen) atoms. The number of halogens is 1. The number of hydrogen-bond donors (Lipinski definition) is 2. The van der Waals surface area contributed by atoms with Crippen LogP contribution < -0.4 is 5.32 Å². The van der Waals surface area contributed by atoms with E-state index in [4.69, 9.17) is 4.74 Å². The first-order valence-electron chi connectivity index (χ1n) is 8.35. The van der Waals surface area contributed by atoms with E-state index in [0.717, 1.165) is 5.56 Å². The van der Waals surface area contributed by atoms with Crippen LogP contribution in [0.3, 0.4) is 0 Å². The Bertz CT molecular complexity index is 662. The minimum absolute atomic E-state index is 0.0372. The van der Waals surface area contributed by atoms with E-state index >= 15 is 0 Å². The molecule has 0 radical (unpaired) electrons. The predicted molar refractivity (Wildman–Crippen MR) is 98.8 cm³/mol. The Morgan fingerprint density at radius 3 is 2.44 bits per heavy atom. The van der Waals surface area contributed by atoms with Crippen molar-refractivity contribution in [1.82, 2.24) is 10.2 Å². The molecule has 2 rings (SSSR count). The lowest BCUT2D eigenvalue weighted by Gasteiger charge is -2.33. The number of rotatable bonds is 2. The van der Waals surface area contributed by atoms with Gasteiger partial charge in [0.05, 0.1) is 10.0 Å². The van der Waals surface area contributed by atoms with Crippen LogP contribution in [-0.2, 0) is 4.74 Å². The molecule has 2 N–H and O–H groups in total. The molecule has 1 heterocycles. The SMILES string of the molecule is Cc1cc(Br)c(O)c(C(=O)NC2CCN(C(=O)OC(C)(C)C)CC2)c1. The van der Waals surface area contributed by atoms with Gasteiger partial charge in [0.1, 0.15) is 11.4 Å². The maximum atomic E-state index is 12.4. The van der Waals surface area contributed by atoms with Gasteiger partial charge >= 0.3 is 6.09 Å². The summed E-state index contributed by atoms with van der Waals surface area (Å²) >= 11 is 3.25. The lowest BCUT2D eigenvalue weighted by molar-refractivity contribution is 0.0199. The van der Waals surface area contributed by atoms with Crippen molar-refractivity contribution in [3.8, 4) is 5.75 Å². The fourth-order valence-corrected chi connectivity index (χ4v) is 3.28. The van der Waals surface area contributed by atoms with E-state index in [1.54, 1.807) is 17.0 Å². The summed E-state index contributed by atoms with van der Waals surface area (Å²) < 4.78 is 5.86. The number of amides is 2. The van der Waals surface area contributed by atoms with Crippen molar-refractivity contribution in [2.75, 3.05) is 13.1 Å². The van der Waals surface area contributed by atoms with Crippen LogP contribution in [0, 0.1) is 6.92 Å². The molecule has 0 unspecified atom stereocenters. The first kappa shape index (κ1) is 19.6. The Kier molecular flexibility index (Phi) is 5.98. The van der Waals surface area contributed by atoms with Crippen LogP contribution in [0.4, 0.5) is 4.79 Å². The average molecular weight is 413 g/mol. The van der Waals surface area contributed by atoms with Gasteiger partial charge in [0.2, 0.25) is 0 Å². The number of aryl methyl sites for hydroxylation is 1. The number of nitrogens with one attached hydrogen (secondary N) is 1. The Morgan fingerprint density at radius 1 is 1.28 bits per heavy atom. The van der Waals surface area contributed by atoms with Crippen LogP contribution in [0.2, 0.25) is 0 Å². The van der Waals surface area contributed by atoms with Crippen molar-refractivity contribution in [1.29, 1.82) is 0 Å². The van der Waals surface area contributed by atoms with E-state index < -0.39 is 5.60 Å². The third-order valence-corrected chi connectivity index (χ3v) is 4.54. The molecule has 0 spiro atoms. The quantitative estimate of drug-likeness (QED) is 0.777. The summed E-state index contributed by atoms with van der Waals surface area (Å²) in [5, 5.41) is 13.0. The third kappa shape index (κ3) is 5.36. The highest BCUT2D eigenvalue weighted by Gasteiger charge is 2.28. The Morgan fingerprint density at radius 2 is 1.88 bits per heavy atom. The van der Waals surface area contributed by atoms with E-state index in [1.165, 1.54) is 0 Å². The van der Waals surface area contributed by atoms with E-state index in [9.17, 15) is 14.7 Å². The molecule has 7 heteroatoms. The number of nitrogens with zero attached hydrogens (tertiary/aromatic N) is 1. The first-order valence-corrected chi connectivity index (χ1v) is 9.14. The Hall–Kier alpha value is -1.76. The molecule has 138 valence electrons. The number of ether oxygens (including phenoxy) is 1. The van der Waals surface area contributed by atoms with Gasteiger partial charge < -0.3 is 20.1 Å². The molecule has 0 aliphatic carbocycles. The molecule has 0 bridgehead atoms. The molecule has 1 aliphatic rings. The highest BCUT2D eigenvalue weighted by molar-refractivity contribution is 9.10. The number of aromatic hydroxyl groups is 1. The molecular weight excluding hydrogens is 388 g/mol. The van der Waals surface area contributed by atoms with Gasteiger partial charge in [-0.1, -0.05) is 0 Å². The second-order valence-electron chi connectivity index (χ2n) is 7.36. The van der Waals surface area contributed by atoms with Crippen molar-refractivity contribution < 1.29 is 19.4 Å². The largest absolute Gasteiger partial charge is 0.506 e. The fourth-order valence-electron chi connectivity index (χ4n) is 2.70. The van der Waals surface area contributed by atoms with E-state index in [1.807, 2.05) is 27.7 Å². The van der Waals surface area contributed by atoms with Crippen LogP contribution in [0.25, 0.3) is 0 Å². The molecular formula is C18H25BrN2O4. The third-order valence-electron chi connectivity index (χ3n) is 3.93. The summed E-state index contributed by atoms with van der Waals surface area (Å²) in [6, 6.07) is 3.38. The van der Waals surface area contributed by atoms with Crippen LogP contribution >= 0.6 is 15.9 Å². The number of carbonyl (C=O) groups is 2. The molecule has 1 aromatic carbocycles. The minimum atomic E-state index is -0.516. The number of carbonyl (C=O) groups excluding carboxylic acids is 2. The maximum absolute atomic E-state index is 12.4. The maximum Gasteiger partial charge on any atom is 0.410 e. The number of likely N-dealkylation sites (tertiary alicyclic amines) is 1. The Balaban J connectivity index is 1.92. The Labute approximate surface area is 156 Å². The van der Waals surface area contributed by atoms with E-state index in [2.05, 4.69) is 21.2 Å².